The molecule has 3 heterocycles. The highest BCUT2D eigenvalue weighted by atomic mass is 32.2. The van der Waals surface area contributed by atoms with Crippen molar-refractivity contribution in [2.75, 3.05) is 9.80 Å². The van der Waals surface area contributed by atoms with E-state index >= 15 is 0 Å². The Bertz CT molecular complexity index is 2400. The Labute approximate surface area is 349 Å². The summed E-state index contributed by atoms with van der Waals surface area (Å²) in [4.78, 5) is 6.85. The maximum atomic E-state index is 2.69. The van der Waals surface area contributed by atoms with E-state index in [1.54, 1.807) is 0 Å². The number of allylic oxidation sites excluding steroid dienone is 3. The van der Waals surface area contributed by atoms with Crippen LogP contribution in [0.5, 0.6) is 0 Å². The van der Waals surface area contributed by atoms with E-state index in [9.17, 15) is 0 Å². The van der Waals surface area contributed by atoms with Crippen LogP contribution in [0.3, 0.4) is 0 Å². The molecule has 294 valence electrons. The number of rotatable bonds is 2. The van der Waals surface area contributed by atoms with Crippen molar-refractivity contribution in [1.29, 1.82) is 0 Å². The molecule has 0 radical (unpaired) electrons. The van der Waals surface area contributed by atoms with Crippen molar-refractivity contribution < 1.29 is 0 Å². The lowest BCUT2D eigenvalue weighted by atomic mass is 9.36. The molecule has 57 heavy (non-hydrogen) atoms. The summed E-state index contributed by atoms with van der Waals surface area (Å²) in [6, 6.07) is 29.3. The van der Waals surface area contributed by atoms with Crippen LogP contribution in [0, 0.1) is 18.3 Å². The average molecular weight is 771 g/mol. The van der Waals surface area contributed by atoms with Crippen molar-refractivity contribution in [3.63, 3.8) is 0 Å². The molecule has 0 N–H and O–H groups in total. The van der Waals surface area contributed by atoms with Gasteiger partial charge in [-0.05, 0) is 138 Å². The molecule has 9 rings (SSSR count). The molecular weight excluding hydrogens is 707 g/mol. The first-order valence-electron chi connectivity index (χ1n) is 21.5. The smallest absolute Gasteiger partial charge is 0.259 e. The fourth-order valence-corrected chi connectivity index (χ4v) is 11.8. The SMILES string of the molecule is Cc1cc2c3c(c1)N(c1ccc(C(C)(C)C)cc1)c1cc4c(cc1B3C1=C(C3C=C(C(C)(C)C)C=CC3S1)N2c1ccc(C(C)(C)C)cc1)C(C)(C)CCC4(C)C. The van der Waals surface area contributed by atoms with Gasteiger partial charge in [-0.15, -0.1) is 11.8 Å². The third kappa shape index (κ3) is 6.13. The number of fused-ring (bicyclic) bond motifs is 6. The maximum absolute atomic E-state index is 2.69. The van der Waals surface area contributed by atoms with Crippen LogP contribution in [-0.4, -0.2) is 12.0 Å². The maximum Gasteiger partial charge on any atom is 0.259 e. The second-order valence-corrected chi connectivity index (χ2v) is 23.4. The molecule has 0 aromatic heterocycles. The van der Waals surface area contributed by atoms with Gasteiger partial charge in [0.05, 0.1) is 0 Å². The Morgan fingerprint density at radius 2 is 1.14 bits per heavy atom. The van der Waals surface area contributed by atoms with Crippen LogP contribution in [0.2, 0.25) is 0 Å². The highest BCUT2D eigenvalue weighted by molar-refractivity contribution is 8.06. The Morgan fingerprint density at radius 1 is 0.632 bits per heavy atom. The van der Waals surface area contributed by atoms with Gasteiger partial charge in [-0.2, -0.15) is 0 Å². The van der Waals surface area contributed by atoms with Crippen LogP contribution in [0.4, 0.5) is 28.4 Å². The van der Waals surface area contributed by atoms with Crippen molar-refractivity contribution in [1.82, 2.24) is 0 Å². The van der Waals surface area contributed by atoms with Crippen molar-refractivity contribution in [2.24, 2.45) is 11.3 Å². The predicted molar refractivity (Wildman–Crippen MR) is 251 cm³/mol. The minimum Gasteiger partial charge on any atom is -0.314 e. The highest BCUT2D eigenvalue weighted by Crippen LogP contribution is 2.57. The van der Waals surface area contributed by atoms with Crippen LogP contribution in [0.15, 0.2) is 107 Å². The molecule has 3 aliphatic heterocycles. The van der Waals surface area contributed by atoms with Crippen molar-refractivity contribution >= 4 is 57.8 Å². The van der Waals surface area contributed by atoms with Gasteiger partial charge in [-0.25, -0.2) is 0 Å². The van der Waals surface area contributed by atoms with E-state index in [0.29, 0.717) is 5.25 Å². The predicted octanol–water partition coefficient (Wildman–Crippen LogP) is 13.5. The molecule has 4 heteroatoms. The molecule has 4 aromatic rings. The zero-order valence-corrected chi connectivity index (χ0v) is 37.9. The zero-order valence-electron chi connectivity index (χ0n) is 37.1. The molecule has 2 unspecified atom stereocenters. The van der Waals surface area contributed by atoms with Gasteiger partial charge in [0.15, 0.2) is 0 Å². The molecule has 5 aliphatic rings. The molecule has 0 saturated carbocycles. The number of nitrogens with zero attached hydrogens (tertiary/aromatic N) is 2. The van der Waals surface area contributed by atoms with Crippen molar-refractivity contribution in [2.45, 2.75) is 137 Å². The number of thioether (sulfide) groups is 1. The van der Waals surface area contributed by atoms with Gasteiger partial charge in [0.2, 0.25) is 0 Å². The first-order valence-corrected chi connectivity index (χ1v) is 22.4. The number of benzene rings is 4. The average Bonchev–Trinajstić information content (AvgIpc) is 3.50. The molecule has 0 fully saturated rings. The number of anilines is 5. The van der Waals surface area contributed by atoms with Gasteiger partial charge >= 0.3 is 0 Å². The standard InChI is InChI=1S/C53H63BN2S/c1-32-27-43-46-44(28-32)56(37-22-17-34(18-23-37)50(5,6)7)47-38-29-35(51(8,9)10)19-24-45(38)57-48(47)54(46)41-30-39-40(53(13,14)26-25-52(39,11)12)31-42(41)55(43)36-20-15-33(16-21-36)49(2,3)4/h15-24,27-31,38,45H,25-26H2,1-14H3. The Balaban J connectivity index is 1.37. The summed E-state index contributed by atoms with van der Waals surface area (Å²) in [6.45, 7) is 33.4. The summed E-state index contributed by atoms with van der Waals surface area (Å²) in [5.74, 6) is 0.281. The zero-order chi connectivity index (χ0) is 40.8. The lowest BCUT2D eigenvalue weighted by Crippen LogP contribution is -2.56. The van der Waals surface area contributed by atoms with E-state index in [4.69, 9.17) is 0 Å². The third-order valence-corrected chi connectivity index (χ3v) is 15.4. The van der Waals surface area contributed by atoms with E-state index in [2.05, 4.69) is 210 Å². The lowest BCUT2D eigenvalue weighted by molar-refractivity contribution is 0.332. The van der Waals surface area contributed by atoms with Crippen molar-refractivity contribution in [3.05, 3.63) is 135 Å². The molecule has 4 aromatic carbocycles. The molecule has 2 atom stereocenters. The van der Waals surface area contributed by atoms with Crippen LogP contribution in [0.25, 0.3) is 0 Å². The lowest BCUT2D eigenvalue weighted by Gasteiger charge is -2.47. The Kier molecular flexibility index (Phi) is 8.51. The first kappa shape index (κ1) is 38.6. The van der Waals surface area contributed by atoms with Gasteiger partial charge in [-0.1, -0.05) is 139 Å². The van der Waals surface area contributed by atoms with Crippen LogP contribution in [0.1, 0.15) is 131 Å². The molecule has 0 bridgehead atoms. The van der Waals surface area contributed by atoms with E-state index in [1.165, 1.54) is 96.1 Å². The molecule has 0 saturated heterocycles. The molecule has 2 nitrogen and oxygen atoms in total. The summed E-state index contributed by atoms with van der Waals surface area (Å²) in [5, 5.41) is 0.357. The minimum absolute atomic E-state index is 0.0723. The summed E-state index contributed by atoms with van der Waals surface area (Å²) in [5.41, 5.74) is 19.8. The Hall–Kier alpha value is -3.89. The largest absolute Gasteiger partial charge is 0.314 e. The van der Waals surface area contributed by atoms with Gasteiger partial charge < -0.3 is 9.80 Å². The monoisotopic (exact) mass is 770 g/mol. The topological polar surface area (TPSA) is 6.48 Å². The number of hydrogen-bond acceptors (Lipinski definition) is 3. The van der Waals surface area contributed by atoms with E-state index < -0.39 is 0 Å². The second-order valence-electron chi connectivity index (χ2n) is 22.2. The summed E-state index contributed by atoms with van der Waals surface area (Å²) in [7, 11) is 0. The van der Waals surface area contributed by atoms with Gasteiger partial charge in [-0.3, -0.25) is 0 Å². The summed E-state index contributed by atoms with van der Waals surface area (Å²) >= 11 is 2.13. The van der Waals surface area contributed by atoms with E-state index in [1.807, 2.05) is 0 Å². The van der Waals surface area contributed by atoms with Gasteiger partial charge in [0.1, 0.15) is 0 Å². The third-order valence-electron chi connectivity index (χ3n) is 14.0. The molecular formula is C53H63BN2S. The number of hydrogen-bond donors (Lipinski definition) is 0. The molecule has 2 aliphatic carbocycles. The number of aryl methyl sites for hydroxylation is 1. The molecule has 0 spiro atoms. The minimum atomic E-state index is 0.0723. The van der Waals surface area contributed by atoms with Crippen molar-refractivity contribution in [3.8, 4) is 0 Å². The van der Waals surface area contributed by atoms with Gasteiger partial charge in [0.25, 0.3) is 6.71 Å². The van der Waals surface area contributed by atoms with Crippen LogP contribution >= 0.6 is 11.8 Å². The normalized spacial score (nSPS) is 21.8. The van der Waals surface area contributed by atoms with Crippen LogP contribution in [-0.2, 0) is 21.7 Å². The van der Waals surface area contributed by atoms with Gasteiger partial charge in [0, 0.05) is 45.3 Å². The highest BCUT2D eigenvalue weighted by Gasteiger charge is 2.52. The summed E-state index contributed by atoms with van der Waals surface area (Å²) in [6.07, 6.45) is 9.98. The Morgan fingerprint density at radius 3 is 1.67 bits per heavy atom. The van der Waals surface area contributed by atoms with E-state index in [-0.39, 0.29) is 39.7 Å². The second kappa shape index (κ2) is 12.6. The van der Waals surface area contributed by atoms with Crippen LogP contribution < -0.4 is 20.7 Å². The quantitative estimate of drug-likeness (QED) is 0.188. The van der Waals surface area contributed by atoms with E-state index in [0.717, 1.165) is 0 Å². The first-order chi connectivity index (χ1) is 26.5. The fourth-order valence-electron chi connectivity index (χ4n) is 10.3. The summed E-state index contributed by atoms with van der Waals surface area (Å²) < 4.78 is 0. The molecule has 0 amide bonds. The fraction of sp³-hybridized carbons (Fsp3) is 0.434.